The van der Waals surface area contributed by atoms with Crippen molar-refractivity contribution in [3.8, 4) is 11.5 Å². The fraction of sp³-hybridized carbons (Fsp3) is 0.814. The first-order valence-electron chi connectivity index (χ1n) is 35.2. The van der Waals surface area contributed by atoms with Crippen molar-refractivity contribution in [2.75, 3.05) is 40.6 Å². The summed E-state index contributed by atoms with van der Waals surface area (Å²) in [7, 11) is 2.90. The lowest BCUT2D eigenvalue weighted by Gasteiger charge is -2.71. The molecule has 4 saturated carbocycles. The first-order valence-corrected chi connectivity index (χ1v) is 35.2. The number of aliphatic hydroxyl groups excluding tert-OH is 15. The number of carboxylic acid groups (broad SMARTS) is 1. The molecule has 102 heavy (non-hydrogen) atoms. The highest BCUT2D eigenvalue weighted by Gasteiger charge is 2.74. The van der Waals surface area contributed by atoms with E-state index in [0.717, 1.165) is 11.6 Å². The quantitative estimate of drug-likeness (QED) is 0.0302. The number of fused-ring (bicyclic) bond motifs is 7. The van der Waals surface area contributed by atoms with Crippen molar-refractivity contribution in [3.05, 3.63) is 41.5 Å². The van der Waals surface area contributed by atoms with Gasteiger partial charge in [0.25, 0.3) is 0 Å². The van der Waals surface area contributed by atoms with Gasteiger partial charge in [-0.3, -0.25) is 9.59 Å². The van der Waals surface area contributed by atoms with Crippen LogP contribution < -0.4 is 9.47 Å². The van der Waals surface area contributed by atoms with E-state index >= 15 is 4.79 Å². The van der Waals surface area contributed by atoms with Gasteiger partial charge < -0.3 is 143 Å². The summed E-state index contributed by atoms with van der Waals surface area (Å²) in [6.45, 7) is 10.1. The third kappa shape index (κ3) is 13.6. The van der Waals surface area contributed by atoms with Gasteiger partial charge in [0.05, 0.1) is 69.8 Å². The number of carboxylic acids is 1. The number of hydrogen-bond acceptors (Lipinski definition) is 31. The van der Waals surface area contributed by atoms with Crippen molar-refractivity contribution >= 4 is 24.0 Å². The number of rotatable bonds is 19. The molecule has 0 bridgehead atoms. The largest absolute Gasteiger partial charge is 0.493 e. The summed E-state index contributed by atoms with van der Waals surface area (Å²) in [5, 5.41) is 178. The highest BCUT2D eigenvalue weighted by molar-refractivity contribution is 5.87. The van der Waals surface area contributed by atoms with Gasteiger partial charge in [-0.25, -0.2) is 4.79 Å². The van der Waals surface area contributed by atoms with Crippen LogP contribution in [0.25, 0.3) is 6.08 Å². The molecule has 5 saturated heterocycles. The number of carbonyl (C=O) groups is 3. The molecule has 5 aliphatic heterocycles. The number of allylic oxidation sites excluding steroid dienone is 1. The Morgan fingerprint density at radius 3 is 1.77 bits per heavy atom. The van der Waals surface area contributed by atoms with Crippen molar-refractivity contribution < 1.29 is 158 Å². The number of benzene rings is 1. The van der Waals surface area contributed by atoms with Crippen LogP contribution in [0.15, 0.2) is 35.9 Å². The lowest BCUT2D eigenvalue weighted by molar-refractivity contribution is -0.378. The second-order valence-corrected chi connectivity index (χ2v) is 31.3. The number of hydrogen-bond donors (Lipinski definition) is 16. The van der Waals surface area contributed by atoms with E-state index in [-0.39, 0.29) is 50.0 Å². The Balaban J connectivity index is 0.850. The molecule has 32 nitrogen and oxygen atoms in total. The zero-order chi connectivity index (χ0) is 74.4. The molecule has 34 atom stereocenters. The summed E-state index contributed by atoms with van der Waals surface area (Å²) >= 11 is 0. The van der Waals surface area contributed by atoms with Gasteiger partial charge in [0.15, 0.2) is 48.9 Å². The molecule has 1 aromatic carbocycles. The number of aliphatic hydroxyl groups is 15. The van der Waals surface area contributed by atoms with Gasteiger partial charge in [-0.05, 0) is 136 Å². The molecule has 0 radical (unpaired) electrons. The summed E-state index contributed by atoms with van der Waals surface area (Å²) in [6, 6.07) is 4.88. The fourth-order valence-corrected chi connectivity index (χ4v) is 19.3. The monoisotopic (exact) mass is 1460 g/mol. The van der Waals surface area contributed by atoms with Crippen LogP contribution in [0.4, 0.5) is 0 Å². The molecule has 11 rings (SSSR count). The second kappa shape index (κ2) is 30.1. The second-order valence-electron chi connectivity index (χ2n) is 31.3. The molecule has 1 aromatic rings. The Bertz CT molecular complexity index is 3190. The Hall–Kier alpha value is -4.25. The summed E-state index contributed by atoms with van der Waals surface area (Å²) in [4.78, 5) is 43.6. The number of methoxy groups -OCH3 is 2. The number of ether oxygens (including phenoxy) is 13. The van der Waals surface area contributed by atoms with Gasteiger partial charge >= 0.3 is 17.9 Å². The van der Waals surface area contributed by atoms with Crippen LogP contribution in [0.1, 0.15) is 112 Å². The summed E-state index contributed by atoms with van der Waals surface area (Å²) in [5.41, 5.74) is -5.03. The van der Waals surface area contributed by atoms with Crippen LogP contribution >= 0.6 is 0 Å². The van der Waals surface area contributed by atoms with Crippen LogP contribution in [0.3, 0.4) is 0 Å². The lowest BCUT2D eigenvalue weighted by atomic mass is 9.33. The van der Waals surface area contributed by atoms with Gasteiger partial charge in [0, 0.05) is 11.5 Å². The van der Waals surface area contributed by atoms with Crippen molar-refractivity contribution in [3.63, 3.8) is 0 Å². The molecule has 0 amide bonds. The normalized spacial score (nSPS) is 48.6. The average Bonchev–Trinajstić information content (AvgIpc) is 0.669. The van der Waals surface area contributed by atoms with Crippen LogP contribution in [0.5, 0.6) is 11.5 Å². The Kier molecular flexibility index (Phi) is 23.2. The highest BCUT2D eigenvalue weighted by atomic mass is 16.8. The van der Waals surface area contributed by atoms with Crippen molar-refractivity contribution in [2.45, 2.75) is 266 Å². The van der Waals surface area contributed by atoms with Crippen molar-refractivity contribution in [2.24, 2.45) is 50.2 Å². The standard InChI is InChI=1S/C70H104O32/c1-29-54(99-58-49(82)45(78)39(27-92-58)97-60-50(83)46(79)43(76)37(25-71)95-60)48(81)52(85)59(93-29)100-56-53(86)55(98-42(75)15-11-31-10-13-35(90-8)36(22-31)91-9)30(2)94-62(56)102-64(89)69-19-18-65(3,4)23-33(69)32-12-14-40-66(5)24-34(74)57(101-61-51(84)47(80)44(77)38(26-72)96-61)68(7,63(87)88)41(66)16-17-67(40,6)70(32,28-73)21-20-69/h10-13,15,22,29-30,33-34,37-41,43-62,71-74,76-86H,14,16-21,23-28H2,1-9H3,(H,87,88)/b15-11+/t29-,30+,33-,34-,37+,38+,39+,40+,41+,43-,44+,45-,46-,47-,48-,49+,50+,51+,52+,53-,54-,55-,56+,57-,58-,59-,60-,61+,62-,66+,67+,68?,69-,70-/m0/s1. The predicted molar refractivity (Wildman–Crippen MR) is 344 cm³/mol. The van der Waals surface area contributed by atoms with E-state index in [1.165, 1.54) is 41.1 Å². The third-order valence-electron chi connectivity index (χ3n) is 25.2. The minimum Gasteiger partial charge on any atom is -0.493 e. The molecule has 5 heterocycles. The van der Waals surface area contributed by atoms with Gasteiger partial charge in [0.2, 0.25) is 6.29 Å². The molecule has 576 valence electrons. The topological polar surface area (TPSA) is 495 Å². The van der Waals surface area contributed by atoms with Crippen molar-refractivity contribution in [1.82, 2.24) is 0 Å². The predicted octanol–water partition coefficient (Wildman–Crippen LogP) is -2.23. The maximum Gasteiger partial charge on any atom is 0.331 e. The summed E-state index contributed by atoms with van der Waals surface area (Å²) in [5.74, 6) is -3.91. The number of aliphatic carboxylic acids is 1. The first kappa shape index (κ1) is 78.8. The number of esters is 2. The molecular formula is C70H104O32. The molecule has 1 unspecified atom stereocenters. The van der Waals surface area contributed by atoms with E-state index in [4.69, 9.17) is 61.6 Å². The zero-order valence-electron chi connectivity index (χ0n) is 58.6. The van der Waals surface area contributed by atoms with E-state index in [9.17, 15) is 91.3 Å². The summed E-state index contributed by atoms with van der Waals surface area (Å²) in [6.07, 6.45) is -37.1. The minimum atomic E-state index is -2.08. The Labute approximate surface area is 589 Å². The van der Waals surface area contributed by atoms with Gasteiger partial charge in [0.1, 0.15) is 97.7 Å². The van der Waals surface area contributed by atoms with E-state index in [0.29, 0.717) is 42.7 Å². The molecule has 16 N–H and O–H groups in total. The molecule has 0 aromatic heterocycles. The maximum absolute atomic E-state index is 15.9. The molecule has 0 spiro atoms. The zero-order valence-corrected chi connectivity index (χ0v) is 58.6. The molecule has 32 heteroatoms. The average molecular weight is 1460 g/mol. The minimum absolute atomic E-state index is 0.00308. The number of carbonyl (C=O) groups excluding carboxylic acids is 2. The third-order valence-corrected chi connectivity index (χ3v) is 25.2. The van der Waals surface area contributed by atoms with E-state index in [2.05, 4.69) is 26.8 Å². The van der Waals surface area contributed by atoms with Crippen LogP contribution in [-0.2, 0) is 66.5 Å². The lowest BCUT2D eigenvalue weighted by Crippen LogP contribution is -2.71. The Morgan fingerprint density at radius 2 is 1.16 bits per heavy atom. The molecule has 9 fully saturated rings. The van der Waals surface area contributed by atoms with Gasteiger partial charge in [-0.15, -0.1) is 0 Å². The Morgan fingerprint density at radius 1 is 0.578 bits per heavy atom. The van der Waals surface area contributed by atoms with Crippen LogP contribution in [0, 0.1) is 50.2 Å². The van der Waals surface area contributed by atoms with E-state index in [1.807, 2.05) is 6.92 Å². The van der Waals surface area contributed by atoms with Crippen molar-refractivity contribution in [1.29, 1.82) is 0 Å². The summed E-state index contributed by atoms with van der Waals surface area (Å²) < 4.78 is 76.7. The van der Waals surface area contributed by atoms with E-state index in [1.54, 1.807) is 18.2 Å². The van der Waals surface area contributed by atoms with Crippen LogP contribution in [0.2, 0.25) is 0 Å². The molecule has 10 aliphatic rings. The molecule has 5 aliphatic carbocycles. The van der Waals surface area contributed by atoms with E-state index < -0.39 is 236 Å². The van der Waals surface area contributed by atoms with Gasteiger partial charge in [-0.1, -0.05) is 45.4 Å². The molecular weight excluding hydrogens is 1350 g/mol. The highest BCUT2D eigenvalue weighted by Crippen LogP contribution is 2.76. The first-order chi connectivity index (χ1) is 48.0. The SMILES string of the molecule is COc1ccc(/C=C/C(=O)O[C@@H]2[C@H](O)[C@@H](O[C@@H]3O[C@@H](C)[C@H](O[C@@H]4OC[C@@H](O[C@@H]5O[C@H](CO)[C@H](O)[C@H](O)[C@H]5O)[C@H](O)[C@H]4O)[C@@H](O)[C@H]3O)[C@H](OC(=O)[C@]34CCC(C)(C)C[C@H]3C3=CC[C@@H]5[C@@]6(C)C[C@H](O)[C@H](O[C@H]7O[C@H](CO)[C@@H](O)[C@H](O)[C@H]7O)C(C)(C(=O)O)[C@@H]6CC[C@@]5(C)[C@]3(CO)CC4)O[C@@H]2C)cc1OC. The van der Waals surface area contributed by atoms with Crippen LogP contribution in [-0.4, -0.2) is 300 Å². The smallest absolute Gasteiger partial charge is 0.331 e. The fourth-order valence-electron chi connectivity index (χ4n) is 19.3. The van der Waals surface area contributed by atoms with Gasteiger partial charge in [-0.2, -0.15) is 0 Å². The maximum atomic E-state index is 15.9.